The average Bonchev–Trinajstić information content (AvgIpc) is 2.59. The highest BCUT2D eigenvalue weighted by Crippen LogP contribution is 2.29. The summed E-state index contributed by atoms with van der Waals surface area (Å²) in [7, 11) is 0. The van der Waals surface area contributed by atoms with Gasteiger partial charge in [-0.2, -0.15) is 0 Å². The smallest absolute Gasteiger partial charge is 0.0951 e. The molecule has 1 aliphatic rings. The third kappa shape index (κ3) is 2.46. The molecule has 1 aliphatic carbocycles. The predicted octanol–water partition coefficient (Wildman–Crippen LogP) is 2.74. The van der Waals surface area contributed by atoms with E-state index in [0.717, 1.165) is 12.5 Å². The highest BCUT2D eigenvalue weighted by molar-refractivity contribution is 5.00. The molecule has 16 heavy (non-hydrogen) atoms. The summed E-state index contributed by atoms with van der Waals surface area (Å²) in [5, 5.41) is 3.62. The number of nitrogens with zero attached hydrogens (tertiary/aromatic N) is 2. The molecule has 1 fully saturated rings. The maximum Gasteiger partial charge on any atom is 0.0951 e. The van der Waals surface area contributed by atoms with Crippen molar-refractivity contribution in [1.29, 1.82) is 0 Å². The third-order valence-electron chi connectivity index (χ3n) is 3.76. The van der Waals surface area contributed by atoms with Crippen LogP contribution >= 0.6 is 0 Å². The van der Waals surface area contributed by atoms with Crippen molar-refractivity contribution in [3.8, 4) is 0 Å². The Labute approximate surface area is 98.3 Å². The van der Waals surface area contributed by atoms with E-state index in [1.165, 1.54) is 25.0 Å². The van der Waals surface area contributed by atoms with Crippen LogP contribution in [0.5, 0.6) is 0 Å². The monoisotopic (exact) mass is 221 g/mol. The van der Waals surface area contributed by atoms with Gasteiger partial charge in [-0.25, -0.2) is 4.98 Å². The second kappa shape index (κ2) is 5.00. The van der Waals surface area contributed by atoms with Crippen LogP contribution in [0, 0.1) is 5.92 Å². The minimum absolute atomic E-state index is 0.498. The van der Waals surface area contributed by atoms with E-state index < -0.39 is 0 Å². The quantitative estimate of drug-likeness (QED) is 0.828. The molecule has 1 aromatic heterocycles. The Balaban J connectivity index is 1.86. The minimum atomic E-state index is 0.498. The average molecular weight is 221 g/mol. The summed E-state index contributed by atoms with van der Waals surface area (Å²) in [6.07, 6.45) is 8.12. The summed E-state index contributed by atoms with van der Waals surface area (Å²) in [6.45, 7) is 7.64. The molecular formula is C13H23N3. The molecule has 2 rings (SSSR count). The molecule has 1 aromatic rings. The van der Waals surface area contributed by atoms with E-state index in [9.17, 15) is 0 Å². The lowest BCUT2D eigenvalue weighted by molar-refractivity contribution is 0.239. The van der Waals surface area contributed by atoms with Crippen LogP contribution in [0.2, 0.25) is 0 Å². The van der Waals surface area contributed by atoms with Gasteiger partial charge in [-0.1, -0.05) is 6.42 Å². The van der Waals surface area contributed by atoms with Crippen molar-refractivity contribution < 1.29 is 0 Å². The molecule has 1 atom stereocenters. The van der Waals surface area contributed by atoms with Crippen molar-refractivity contribution in [1.82, 2.24) is 14.9 Å². The molecule has 3 heteroatoms. The van der Waals surface area contributed by atoms with E-state index >= 15 is 0 Å². The molecule has 0 aromatic carbocycles. The summed E-state index contributed by atoms with van der Waals surface area (Å²) in [6, 6.07) is 1.14. The standard InChI is InChI=1S/C13H23N3/c1-10(2)16-9-14-7-13(16)8-15-11(3)12-5-4-6-12/h7,9-12,15H,4-6,8H2,1-3H3. The topological polar surface area (TPSA) is 29.9 Å². The SMILES string of the molecule is CC(NCc1cncn1C(C)C)C1CCC1. The number of aromatic nitrogens is 2. The van der Waals surface area contributed by atoms with Crippen LogP contribution in [0.25, 0.3) is 0 Å². The van der Waals surface area contributed by atoms with Gasteiger partial charge < -0.3 is 9.88 Å². The third-order valence-corrected chi connectivity index (χ3v) is 3.76. The summed E-state index contributed by atoms with van der Waals surface area (Å²) in [5.74, 6) is 0.899. The van der Waals surface area contributed by atoms with Crippen LogP contribution in [-0.4, -0.2) is 15.6 Å². The van der Waals surface area contributed by atoms with Crippen molar-refractivity contribution in [2.75, 3.05) is 0 Å². The fourth-order valence-corrected chi connectivity index (χ4v) is 2.31. The second-order valence-electron chi connectivity index (χ2n) is 5.25. The first-order chi connectivity index (χ1) is 7.68. The summed E-state index contributed by atoms with van der Waals surface area (Å²) >= 11 is 0. The summed E-state index contributed by atoms with van der Waals surface area (Å²) < 4.78 is 2.24. The molecule has 0 spiro atoms. The Bertz CT molecular complexity index is 326. The Morgan fingerprint density at radius 2 is 2.19 bits per heavy atom. The maximum atomic E-state index is 4.22. The largest absolute Gasteiger partial charge is 0.331 e. The molecule has 0 radical (unpaired) electrons. The lowest BCUT2D eigenvalue weighted by Gasteiger charge is -2.32. The van der Waals surface area contributed by atoms with E-state index in [0.29, 0.717) is 12.1 Å². The lowest BCUT2D eigenvalue weighted by Crippen LogP contribution is -2.37. The van der Waals surface area contributed by atoms with Gasteiger partial charge in [0.2, 0.25) is 0 Å². The number of nitrogens with one attached hydrogen (secondary N) is 1. The molecule has 1 unspecified atom stereocenters. The van der Waals surface area contributed by atoms with Crippen LogP contribution in [0.15, 0.2) is 12.5 Å². The van der Waals surface area contributed by atoms with Crippen molar-refractivity contribution in [3.05, 3.63) is 18.2 Å². The van der Waals surface area contributed by atoms with E-state index in [2.05, 4.69) is 35.6 Å². The zero-order chi connectivity index (χ0) is 11.5. The van der Waals surface area contributed by atoms with Crippen LogP contribution in [-0.2, 0) is 6.54 Å². The molecule has 0 bridgehead atoms. The summed E-state index contributed by atoms with van der Waals surface area (Å²) in [4.78, 5) is 4.22. The molecule has 0 amide bonds. The van der Waals surface area contributed by atoms with Crippen molar-refractivity contribution >= 4 is 0 Å². The number of hydrogen-bond donors (Lipinski definition) is 1. The molecule has 90 valence electrons. The molecule has 3 nitrogen and oxygen atoms in total. The van der Waals surface area contributed by atoms with E-state index in [1.54, 1.807) is 0 Å². The minimum Gasteiger partial charge on any atom is -0.331 e. The zero-order valence-corrected chi connectivity index (χ0v) is 10.6. The van der Waals surface area contributed by atoms with Gasteiger partial charge >= 0.3 is 0 Å². The molecule has 1 saturated carbocycles. The van der Waals surface area contributed by atoms with Crippen molar-refractivity contribution in [2.24, 2.45) is 5.92 Å². The van der Waals surface area contributed by atoms with E-state index in [4.69, 9.17) is 0 Å². The van der Waals surface area contributed by atoms with Gasteiger partial charge in [0.15, 0.2) is 0 Å². The maximum absolute atomic E-state index is 4.22. The van der Waals surface area contributed by atoms with Crippen molar-refractivity contribution in [3.63, 3.8) is 0 Å². The van der Waals surface area contributed by atoms with Gasteiger partial charge in [0.05, 0.1) is 12.0 Å². The number of imidazole rings is 1. The van der Waals surface area contributed by atoms with Crippen LogP contribution in [0.1, 0.15) is 51.8 Å². The van der Waals surface area contributed by atoms with Crippen molar-refractivity contribution in [2.45, 2.75) is 58.7 Å². The second-order valence-corrected chi connectivity index (χ2v) is 5.25. The Morgan fingerprint density at radius 3 is 2.75 bits per heavy atom. The Hall–Kier alpha value is -0.830. The number of rotatable bonds is 5. The number of hydrogen-bond acceptors (Lipinski definition) is 2. The molecule has 0 aliphatic heterocycles. The molecule has 1 heterocycles. The van der Waals surface area contributed by atoms with E-state index in [-0.39, 0.29) is 0 Å². The van der Waals surface area contributed by atoms with Gasteiger partial charge in [-0.15, -0.1) is 0 Å². The highest BCUT2D eigenvalue weighted by atomic mass is 15.1. The van der Waals surface area contributed by atoms with Crippen LogP contribution in [0.3, 0.4) is 0 Å². The van der Waals surface area contributed by atoms with Gasteiger partial charge in [0, 0.05) is 24.8 Å². The Morgan fingerprint density at radius 1 is 1.44 bits per heavy atom. The highest BCUT2D eigenvalue weighted by Gasteiger charge is 2.23. The molecular weight excluding hydrogens is 198 g/mol. The normalized spacial score (nSPS) is 18.8. The predicted molar refractivity (Wildman–Crippen MR) is 66.3 cm³/mol. The first-order valence-electron chi connectivity index (χ1n) is 6.42. The lowest BCUT2D eigenvalue weighted by atomic mass is 9.80. The van der Waals surface area contributed by atoms with Gasteiger partial charge in [0.1, 0.15) is 0 Å². The van der Waals surface area contributed by atoms with Crippen LogP contribution in [0.4, 0.5) is 0 Å². The Kier molecular flexibility index (Phi) is 3.64. The fraction of sp³-hybridized carbons (Fsp3) is 0.769. The zero-order valence-electron chi connectivity index (χ0n) is 10.6. The van der Waals surface area contributed by atoms with Gasteiger partial charge in [-0.05, 0) is 39.5 Å². The fourth-order valence-electron chi connectivity index (χ4n) is 2.31. The molecule has 1 N–H and O–H groups in total. The first kappa shape index (κ1) is 11.6. The van der Waals surface area contributed by atoms with E-state index in [1.807, 2.05) is 12.5 Å². The molecule has 0 saturated heterocycles. The first-order valence-corrected chi connectivity index (χ1v) is 6.42. The van der Waals surface area contributed by atoms with Crippen LogP contribution < -0.4 is 5.32 Å². The summed E-state index contributed by atoms with van der Waals surface area (Å²) in [5.41, 5.74) is 1.29. The van der Waals surface area contributed by atoms with Gasteiger partial charge in [0.25, 0.3) is 0 Å². The van der Waals surface area contributed by atoms with Gasteiger partial charge in [-0.3, -0.25) is 0 Å².